The summed E-state index contributed by atoms with van der Waals surface area (Å²) >= 11 is 0. The lowest BCUT2D eigenvalue weighted by atomic mass is 9.97. The van der Waals surface area contributed by atoms with Gasteiger partial charge in [-0.05, 0) is 24.3 Å². The van der Waals surface area contributed by atoms with Crippen molar-refractivity contribution in [2.45, 2.75) is 18.6 Å². The molecule has 8 nitrogen and oxygen atoms in total. The van der Waals surface area contributed by atoms with E-state index in [1.807, 2.05) is 53.2 Å². The third kappa shape index (κ3) is 3.89. The number of hydrogen-bond acceptors (Lipinski definition) is 5. The number of nitrogens with one attached hydrogen (secondary N) is 2. The third-order valence-corrected chi connectivity index (χ3v) is 5.77. The maximum absolute atomic E-state index is 12.7. The van der Waals surface area contributed by atoms with Crippen molar-refractivity contribution in [1.29, 1.82) is 0 Å². The van der Waals surface area contributed by atoms with Crippen LogP contribution in [-0.4, -0.2) is 51.6 Å². The standard InChI is InChI=1S/C23H23N5O3/c29-21(25-18-6-2-3-7-19(18)28-14-11-24-16-28)15-27-12-9-23(10-13-27)26-22(30)17-5-1-4-8-20(17)31-23/h1-8,11,14,16H,9-10,12-13,15H2,(H,25,29)(H,26,30). The molecule has 2 aliphatic heterocycles. The molecule has 1 spiro atoms. The number of para-hydroxylation sites is 3. The van der Waals surface area contributed by atoms with Crippen LogP contribution in [0.4, 0.5) is 5.69 Å². The molecular weight excluding hydrogens is 394 g/mol. The summed E-state index contributed by atoms with van der Waals surface area (Å²) in [6.45, 7) is 1.58. The Morgan fingerprint density at radius 3 is 2.71 bits per heavy atom. The van der Waals surface area contributed by atoms with Gasteiger partial charge in [-0.15, -0.1) is 0 Å². The fraction of sp³-hybridized carbons (Fsp3) is 0.261. The second-order valence-electron chi connectivity index (χ2n) is 7.86. The van der Waals surface area contributed by atoms with E-state index in [0.29, 0.717) is 37.2 Å². The first kappa shape index (κ1) is 19.3. The third-order valence-electron chi connectivity index (χ3n) is 5.77. The molecule has 0 bridgehead atoms. The van der Waals surface area contributed by atoms with Gasteiger partial charge in [-0.2, -0.15) is 0 Å². The molecule has 1 aromatic heterocycles. The number of carbonyl (C=O) groups excluding carboxylic acids is 2. The van der Waals surface area contributed by atoms with E-state index in [0.717, 1.165) is 11.4 Å². The number of piperidine rings is 1. The summed E-state index contributed by atoms with van der Waals surface area (Å²) in [5.74, 6) is 0.431. The number of fused-ring (bicyclic) bond motifs is 1. The molecule has 3 heterocycles. The first-order valence-electron chi connectivity index (χ1n) is 10.3. The Balaban J connectivity index is 1.20. The van der Waals surface area contributed by atoms with E-state index < -0.39 is 5.72 Å². The van der Waals surface area contributed by atoms with Gasteiger partial charge in [0.1, 0.15) is 5.75 Å². The van der Waals surface area contributed by atoms with Crippen LogP contribution in [0.25, 0.3) is 5.69 Å². The molecule has 5 rings (SSSR count). The molecule has 3 aromatic rings. The number of nitrogens with zero attached hydrogens (tertiary/aromatic N) is 3. The Morgan fingerprint density at radius 2 is 1.90 bits per heavy atom. The summed E-state index contributed by atoms with van der Waals surface area (Å²) in [7, 11) is 0. The van der Waals surface area contributed by atoms with Crippen LogP contribution in [-0.2, 0) is 4.79 Å². The zero-order chi connectivity index (χ0) is 21.3. The van der Waals surface area contributed by atoms with Gasteiger partial charge in [0.15, 0.2) is 5.72 Å². The van der Waals surface area contributed by atoms with Gasteiger partial charge < -0.3 is 19.9 Å². The molecule has 2 aromatic carbocycles. The van der Waals surface area contributed by atoms with Crippen LogP contribution in [0.5, 0.6) is 5.75 Å². The number of imidazole rings is 1. The maximum Gasteiger partial charge on any atom is 0.258 e. The van der Waals surface area contributed by atoms with Crippen LogP contribution >= 0.6 is 0 Å². The van der Waals surface area contributed by atoms with E-state index in [4.69, 9.17) is 4.74 Å². The second-order valence-corrected chi connectivity index (χ2v) is 7.86. The number of ether oxygens (including phenoxy) is 1. The number of likely N-dealkylation sites (tertiary alicyclic amines) is 1. The lowest BCUT2D eigenvalue weighted by molar-refractivity contribution is -0.118. The van der Waals surface area contributed by atoms with Gasteiger partial charge in [0.2, 0.25) is 5.91 Å². The van der Waals surface area contributed by atoms with Gasteiger partial charge in [0, 0.05) is 38.3 Å². The van der Waals surface area contributed by atoms with Crippen molar-refractivity contribution < 1.29 is 14.3 Å². The molecule has 0 aliphatic carbocycles. The topological polar surface area (TPSA) is 88.5 Å². The van der Waals surface area contributed by atoms with E-state index >= 15 is 0 Å². The molecule has 0 unspecified atom stereocenters. The summed E-state index contributed by atoms with van der Waals surface area (Å²) in [6, 6.07) is 14.9. The molecule has 2 amide bonds. The fourth-order valence-corrected chi connectivity index (χ4v) is 4.15. The minimum atomic E-state index is -0.702. The lowest BCUT2D eigenvalue weighted by Crippen LogP contribution is -2.61. The Bertz CT molecular complexity index is 1100. The van der Waals surface area contributed by atoms with Crippen molar-refractivity contribution in [3.63, 3.8) is 0 Å². The number of anilines is 1. The molecule has 0 atom stereocenters. The Labute approximate surface area is 179 Å². The average Bonchev–Trinajstić information content (AvgIpc) is 3.31. The van der Waals surface area contributed by atoms with Crippen molar-refractivity contribution in [2.24, 2.45) is 0 Å². The normalized spacial score (nSPS) is 17.5. The van der Waals surface area contributed by atoms with E-state index in [9.17, 15) is 9.59 Å². The highest BCUT2D eigenvalue weighted by molar-refractivity contribution is 5.98. The smallest absolute Gasteiger partial charge is 0.258 e. The molecular formula is C23H23N5O3. The lowest BCUT2D eigenvalue weighted by Gasteiger charge is -2.44. The molecule has 1 saturated heterocycles. The van der Waals surface area contributed by atoms with Gasteiger partial charge in [-0.1, -0.05) is 24.3 Å². The molecule has 0 radical (unpaired) electrons. The average molecular weight is 417 g/mol. The van der Waals surface area contributed by atoms with Gasteiger partial charge in [0.25, 0.3) is 5.91 Å². The van der Waals surface area contributed by atoms with Gasteiger partial charge >= 0.3 is 0 Å². The molecule has 158 valence electrons. The van der Waals surface area contributed by atoms with E-state index in [1.54, 1.807) is 18.6 Å². The zero-order valence-corrected chi connectivity index (χ0v) is 17.0. The molecule has 31 heavy (non-hydrogen) atoms. The monoisotopic (exact) mass is 417 g/mol. The van der Waals surface area contributed by atoms with Gasteiger partial charge in [-0.3, -0.25) is 14.5 Å². The molecule has 0 saturated carbocycles. The van der Waals surface area contributed by atoms with Crippen molar-refractivity contribution in [2.75, 3.05) is 25.0 Å². The quantitative estimate of drug-likeness (QED) is 0.681. The maximum atomic E-state index is 12.7. The largest absolute Gasteiger partial charge is 0.467 e. The molecule has 1 fully saturated rings. The predicted octanol–water partition coefficient (Wildman–Crippen LogP) is 2.43. The summed E-state index contributed by atoms with van der Waals surface area (Å²) in [6.07, 6.45) is 6.47. The number of carbonyl (C=O) groups is 2. The van der Waals surface area contributed by atoms with Crippen molar-refractivity contribution in [1.82, 2.24) is 19.8 Å². The molecule has 8 heteroatoms. The number of benzene rings is 2. The van der Waals surface area contributed by atoms with E-state index in [2.05, 4.69) is 20.5 Å². The summed E-state index contributed by atoms with van der Waals surface area (Å²) in [4.78, 5) is 31.3. The second kappa shape index (κ2) is 7.88. The first-order chi connectivity index (χ1) is 15.1. The Kier molecular flexibility index (Phi) is 4.91. The Morgan fingerprint density at radius 1 is 1.13 bits per heavy atom. The Hall–Kier alpha value is -3.65. The highest BCUT2D eigenvalue weighted by atomic mass is 16.5. The van der Waals surface area contributed by atoms with Crippen LogP contribution in [0.3, 0.4) is 0 Å². The van der Waals surface area contributed by atoms with Gasteiger partial charge in [0.05, 0.1) is 29.8 Å². The van der Waals surface area contributed by atoms with Crippen molar-refractivity contribution >= 4 is 17.5 Å². The first-order valence-corrected chi connectivity index (χ1v) is 10.3. The summed E-state index contributed by atoms with van der Waals surface area (Å²) < 4.78 is 8.03. The minimum absolute atomic E-state index is 0.0811. The van der Waals surface area contributed by atoms with Crippen molar-refractivity contribution in [3.8, 4) is 11.4 Å². The number of aromatic nitrogens is 2. The van der Waals surface area contributed by atoms with Crippen LogP contribution in [0.2, 0.25) is 0 Å². The van der Waals surface area contributed by atoms with Crippen LogP contribution in [0, 0.1) is 0 Å². The minimum Gasteiger partial charge on any atom is -0.467 e. The summed E-state index contributed by atoms with van der Waals surface area (Å²) in [5.41, 5.74) is 1.46. The molecule has 2 aliphatic rings. The highest BCUT2D eigenvalue weighted by Gasteiger charge is 2.42. The zero-order valence-electron chi connectivity index (χ0n) is 17.0. The SMILES string of the molecule is O=C(CN1CCC2(CC1)NC(=O)c1ccccc1O2)Nc1ccccc1-n1ccnc1. The fourth-order valence-electron chi connectivity index (χ4n) is 4.15. The van der Waals surface area contributed by atoms with Crippen molar-refractivity contribution in [3.05, 3.63) is 72.8 Å². The van der Waals surface area contributed by atoms with Crippen LogP contribution < -0.4 is 15.4 Å². The number of rotatable bonds is 4. The number of hydrogen-bond donors (Lipinski definition) is 2. The number of amides is 2. The van der Waals surface area contributed by atoms with Crippen LogP contribution in [0.15, 0.2) is 67.3 Å². The predicted molar refractivity (Wildman–Crippen MR) is 115 cm³/mol. The highest BCUT2D eigenvalue weighted by Crippen LogP contribution is 2.33. The molecule has 2 N–H and O–H groups in total. The van der Waals surface area contributed by atoms with Crippen LogP contribution in [0.1, 0.15) is 23.2 Å². The summed E-state index contributed by atoms with van der Waals surface area (Å²) in [5, 5.41) is 6.03. The van der Waals surface area contributed by atoms with E-state index in [1.165, 1.54) is 0 Å². The van der Waals surface area contributed by atoms with E-state index in [-0.39, 0.29) is 18.4 Å². The van der Waals surface area contributed by atoms with Gasteiger partial charge in [-0.25, -0.2) is 4.98 Å².